The quantitative estimate of drug-likeness (QED) is 0.771. The second-order valence-electron chi connectivity index (χ2n) is 5.03. The van der Waals surface area contributed by atoms with Gasteiger partial charge < -0.3 is 5.73 Å². The van der Waals surface area contributed by atoms with Gasteiger partial charge in [0, 0.05) is 10.1 Å². The predicted octanol–water partition coefficient (Wildman–Crippen LogP) is 3.79. The summed E-state index contributed by atoms with van der Waals surface area (Å²) in [5.41, 5.74) is 6.87. The van der Waals surface area contributed by atoms with Crippen LogP contribution in [0.25, 0.3) is 10.1 Å². The minimum Gasteiger partial charge on any atom is -0.389 e. The summed E-state index contributed by atoms with van der Waals surface area (Å²) in [5, 5.41) is 10.4. The number of hydrogen-bond acceptors (Lipinski definition) is 3. The first-order valence-electron chi connectivity index (χ1n) is 5.26. The topological polar surface area (TPSA) is 49.8 Å². The molecule has 0 aliphatic carbocycles. The third-order valence-corrected chi connectivity index (χ3v) is 3.67. The Kier molecular flexibility index (Phi) is 2.59. The molecule has 1 aromatic carbocycles. The Hall–Kier alpha value is -1.60. The van der Waals surface area contributed by atoms with Crippen molar-refractivity contribution in [1.29, 1.82) is 5.26 Å². The third-order valence-electron chi connectivity index (χ3n) is 2.70. The van der Waals surface area contributed by atoms with Gasteiger partial charge in [0.25, 0.3) is 0 Å². The molecular formula is C13H13FN2S. The van der Waals surface area contributed by atoms with Crippen molar-refractivity contribution < 1.29 is 4.39 Å². The van der Waals surface area contributed by atoms with E-state index in [0.29, 0.717) is 10.6 Å². The maximum Gasteiger partial charge on any atom is 0.124 e. The zero-order valence-corrected chi connectivity index (χ0v) is 10.8. The highest BCUT2D eigenvalue weighted by atomic mass is 32.1. The lowest BCUT2D eigenvalue weighted by molar-refractivity contribution is 0.578. The highest BCUT2D eigenvalue weighted by Crippen LogP contribution is 2.40. The number of fused-ring (bicyclic) bond motifs is 1. The van der Waals surface area contributed by atoms with Crippen LogP contribution in [-0.4, -0.2) is 0 Å². The molecule has 0 fully saturated rings. The molecule has 17 heavy (non-hydrogen) atoms. The smallest absolute Gasteiger partial charge is 0.124 e. The van der Waals surface area contributed by atoms with E-state index >= 15 is 0 Å². The molecule has 4 heteroatoms. The monoisotopic (exact) mass is 248 g/mol. The van der Waals surface area contributed by atoms with Crippen LogP contribution in [0, 0.1) is 17.1 Å². The summed E-state index contributed by atoms with van der Waals surface area (Å²) >= 11 is 1.26. The Morgan fingerprint density at radius 3 is 2.53 bits per heavy atom. The summed E-state index contributed by atoms with van der Waals surface area (Å²) in [5.74, 6) is -0.284. The van der Waals surface area contributed by atoms with Crippen LogP contribution in [0.4, 0.5) is 9.39 Å². The number of rotatable bonds is 0. The molecule has 0 aliphatic heterocycles. The number of nitrogens with zero attached hydrogens (tertiary/aromatic N) is 1. The van der Waals surface area contributed by atoms with E-state index < -0.39 is 0 Å². The molecular weight excluding hydrogens is 235 g/mol. The van der Waals surface area contributed by atoms with Gasteiger partial charge in [0.2, 0.25) is 0 Å². The molecule has 0 spiro atoms. The van der Waals surface area contributed by atoms with Gasteiger partial charge >= 0.3 is 0 Å². The van der Waals surface area contributed by atoms with E-state index in [4.69, 9.17) is 11.0 Å². The van der Waals surface area contributed by atoms with Gasteiger partial charge in [-0.05, 0) is 23.1 Å². The maximum absolute atomic E-state index is 13.6. The minimum absolute atomic E-state index is 0.223. The first-order chi connectivity index (χ1) is 7.84. The second-order valence-corrected chi connectivity index (χ2v) is 6.11. The lowest BCUT2D eigenvalue weighted by atomic mass is 9.84. The van der Waals surface area contributed by atoms with Crippen LogP contribution in [0.2, 0.25) is 0 Å². The largest absolute Gasteiger partial charge is 0.389 e. The predicted molar refractivity (Wildman–Crippen MR) is 69.6 cm³/mol. The lowest BCUT2D eigenvalue weighted by Crippen LogP contribution is -2.12. The number of anilines is 1. The fraction of sp³-hybridized carbons (Fsp3) is 0.308. The van der Waals surface area contributed by atoms with E-state index in [2.05, 4.69) is 6.07 Å². The summed E-state index contributed by atoms with van der Waals surface area (Å²) in [6, 6.07) is 5.05. The van der Waals surface area contributed by atoms with Crippen LogP contribution >= 0.6 is 11.3 Å². The molecule has 0 atom stereocenters. The van der Waals surface area contributed by atoms with Gasteiger partial charge in [-0.15, -0.1) is 11.3 Å². The van der Waals surface area contributed by atoms with Crippen molar-refractivity contribution in [3.05, 3.63) is 29.1 Å². The van der Waals surface area contributed by atoms with Gasteiger partial charge in [-0.25, -0.2) is 4.39 Å². The van der Waals surface area contributed by atoms with Crippen molar-refractivity contribution in [1.82, 2.24) is 0 Å². The molecule has 2 aromatic rings. The summed E-state index contributed by atoms with van der Waals surface area (Å²) in [7, 11) is 0. The number of benzene rings is 1. The molecule has 0 unspecified atom stereocenters. The van der Waals surface area contributed by atoms with Gasteiger partial charge in [-0.2, -0.15) is 5.26 Å². The molecule has 0 saturated carbocycles. The number of hydrogen-bond donors (Lipinski definition) is 1. The van der Waals surface area contributed by atoms with E-state index in [0.717, 1.165) is 15.6 Å². The Balaban J connectivity index is 2.96. The lowest BCUT2D eigenvalue weighted by Gasteiger charge is -2.20. The van der Waals surface area contributed by atoms with Gasteiger partial charge in [0.15, 0.2) is 0 Å². The minimum atomic E-state index is -0.284. The molecule has 0 amide bonds. The Labute approximate surface area is 103 Å². The molecule has 1 heterocycles. The Bertz CT molecular complexity index is 629. The van der Waals surface area contributed by atoms with E-state index in [9.17, 15) is 4.39 Å². The molecule has 1 aromatic heterocycles. The van der Waals surface area contributed by atoms with Gasteiger partial charge in [0.05, 0.1) is 5.56 Å². The van der Waals surface area contributed by atoms with Crippen LogP contribution in [-0.2, 0) is 5.41 Å². The molecule has 2 rings (SSSR count). The zero-order valence-electron chi connectivity index (χ0n) is 9.97. The molecule has 2 nitrogen and oxygen atoms in total. The maximum atomic E-state index is 13.6. The molecule has 0 aliphatic rings. The molecule has 0 radical (unpaired) electrons. The number of thiophene rings is 1. The van der Waals surface area contributed by atoms with Crippen LogP contribution < -0.4 is 5.73 Å². The summed E-state index contributed by atoms with van der Waals surface area (Å²) in [6.07, 6.45) is 0. The summed E-state index contributed by atoms with van der Waals surface area (Å²) < 4.78 is 14.3. The van der Waals surface area contributed by atoms with Crippen LogP contribution in [0.5, 0.6) is 0 Å². The van der Waals surface area contributed by atoms with Crippen molar-refractivity contribution in [3.63, 3.8) is 0 Å². The number of nitriles is 1. The van der Waals surface area contributed by atoms with Crippen molar-refractivity contribution in [3.8, 4) is 6.07 Å². The zero-order chi connectivity index (χ0) is 12.8. The fourth-order valence-corrected chi connectivity index (χ4v) is 2.89. The average Bonchev–Trinajstić information content (AvgIpc) is 2.50. The van der Waals surface area contributed by atoms with E-state index in [1.807, 2.05) is 20.8 Å². The fourth-order valence-electron chi connectivity index (χ4n) is 1.92. The van der Waals surface area contributed by atoms with Gasteiger partial charge in [-0.1, -0.05) is 20.8 Å². The molecule has 0 saturated heterocycles. The first-order valence-corrected chi connectivity index (χ1v) is 6.08. The van der Waals surface area contributed by atoms with Crippen molar-refractivity contribution in [2.75, 3.05) is 5.73 Å². The molecule has 0 bridgehead atoms. The normalized spacial score (nSPS) is 11.7. The van der Waals surface area contributed by atoms with Gasteiger partial charge in [0.1, 0.15) is 16.9 Å². The van der Waals surface area contributed by atoms with E-state index in [1.54, 1.807) is 0 Å². The number of nitrogen functional groups attached to an aromatic ring is 1. The van der Waals surface area contributed by atoms with Crippen molar-refractivity contribution >= 4 is 26.4 Å². The SMILES string of the molecule is CC(C)(C)c1cc(F)cc2sc(N)c(C#N)c12. The standard InChI is InChI=1S/C13H13FN2S/c1-13(2,3)9-4-7(14)5-10-11(9)8(6-15)12(16)17-10/h4-5H,16H2,1-3H3. The number of halogens is 1. The highest BCUT2D eigenvalue weighted by Gasteiger charge is 2.22. The Morgan fingerprint density at radius 2 is 2.00 bits per heavy atom. The van der Waals surface area contributed by atoms with Gasteiger partial charge in [-0.3, -0.25) is 0 Å². The van der Waals surface area contributed by atoms with E-state index in [1.165, 1.54) is 23.5 Å². The Morgan fingerprint density at radius 1 is 1.35 bits per heavy atom. The van der Waals surface area contributed by atoms with E-state index in [-0.39, 0.29) is 11.2 Å². The van der Waals surface area contributed by atoms with Crippen LogP contribution in [0.15, 0.2) is 12.1 Å². The number of nitrogens with two attached hydrogens (primary N) is 1. The summed E-state index contributed by atoms with van der Waals surface area (Å²) in [4.78, 5) is 0. The van der Waals surface area contributed by atoms with Crippen LogP contribution in [0.1, 0.15) is 31.9 Å². The average molecular weight is 248 g/mol. The highest BCUT2D eigenvalue weighted by molar-refractivity contribution is 7.23. The van der Waals surface area contributed by atoms with Crippen molar-refractivity contribution in [2.24, 2.45) is 0 Å². The van der Waals surface area contributed by atoms with Crippen molar-refractivity contribution in [2.45, 2.75) is 26.2 Å². The third kappa shape index (κ3) is 1.87. The summed E-state index contributed by atoms with van der Waals surface area (Å²) in [6.45, 7) is 5.99. The second kappa shape index (κ2) is 3.71. The molecule has 88 valence electrons. The first kappa shape index (κ1) is 11.9. The molecule has 2 N–H and O–H groups in total. The van der Waals surface area contributed by atoms with Crippen LogP contribution in [0.3, 0.4) is 0 Å².